The van der Waals surface area contributed by atoms with Crippen LogP contribution in [0.3, 0.4) is 0 Å². The van der Waals surface area contributed by atoms with E-state index in [0.29, 0.717) is 29.1 Å². The van der Waals surface area contributed by atoms with E-state index in [1.54, 1.807) is 23.0 Å². The smallest absolute Gasteiger partial charge is 0.260 e. The zero-order chi connectivity index (χ0) is 25.1. The number of anilines is 1. The lowest BCUT2D eigenvalue weighted by atomic mass is 10.2. The summed E-state index contributed by atoms with van der Waals surface area (Å²) in [4.78, 5) is 34.6. The number of hydrogen-bond donors (Lipinski definition) is 2. The van der Waals surface area contributed by atoms with Crippen molar-refractivity contribution in [3.8, 4) is 10.4 Å². The third-order valence-corrected chi connectivity index (χ3v) is 8.95. The Morgan fingerprint density at radius 3 is 2.86 bits per heavy atom. The van der Waals surface area contributed by atoms with E-state index in [4.69, 9.17) is 0 Å². The second kappa shape index (κ2) is 8.77. The predicted octanol–water partition coefficient (Wildman–Crippen LogP) is 2.84. The van der Waals surface area contributed by atoms with Gasteiger partial charge in [-0.2, -0.15) is 10.2 Å². The van der Waals surface area contributed by atoms with Crippen LogP contribution in [0.1, 0.15) is 44.9 Å². The van der Waals surface area contributed by atoms with Crippen LogP contribution in [0.4, 0.5) is 5.69 Å². The van der Waals surface area contributed by atoms with Gasteiger partial charge in [0.1, 0.15) is 4.83 Å². The van der Waals surface area contributed by atoms with Crippen molar-refractivity contribution >= 4 is 33.7 Å². The summed E-state index contributed by atoms with van der Waals surface area (Å²) in [6.07, 6.45) is 10.5. The number of rotatable bonds is 7. The average molecular weight is 517 g/mol. The lowest BCUT2D eigenvalue weighted by Gasteiger charge is -2.17. The summed E-state index contributed by atoms with van der Waals surface area (Å²) >= 11 is 1.53. The Morgan fingerprint density at radius 2 is 2.00 bits per heavy atom. The number of nitrogens with zero attached hydrogens (tertiary/aromatic N) is 6. The second-order valence-corrected chi connectivity index (χ2v) is 11.3. The third-order valence-electron chi connectivity index (χ3n) is 7.80. The van der Waals surface area contributed by atoms with E-state index in [2.05, 4.69) is 35.4 Å². The minimum atomic E-state index is -0.279. The topological polar surface area (TPSA) is 109 Å². The van der Waals surface area contributed by atoms with Crippen molar-refractivity contribution in [1.82, 2.24) is 34.6 Å². The molecule has 7 rings (SSSR count). The van der Waals surface area contributed by atoms with Gasteiger partial charge < -0.3 is 15.5 Å². The van der Waals surface area contributed by atoms with Gasteiger partial charge >= 0.3 is 0 Å². The van der Waals surface area contributed by atoms with Crippen LogP contribution < -0.4 is 10.6 Å². The standard InChI is InChI=1S/C26H28N8O2S/c1-15-21(8-16(9-28-15)24(35)27-4-6-32-12-17-7-18(17)13-32)31-25(36)20-11-30-34-14-23(37-26(20)34)19-10-29-33-5-2-3-22(19)33/h8-11,14,17-18H,2-7,12-13H2,1H3,(H,27,35)(H,31,36). The highest BCUT2D eigenvalue weighted by Gasteiger charge is 2.44. The molecule has 1 saturated carbocycles. The molecule has 2 aliphatic heterocycles. The summed E-state index contributed by atoms with van der Waals surface area (Å²) in [5.41, 5.74) is 4.43. The molecule has 0 aromatic carbocycles. The average Bonchev–Trinajstić information content (AvgIpc) is 3.46. The SMILES string of the molecule is Cc1ncc(C(=O)NCCN2CC3CC3C2)cc1NC(=O)c1cnn2cc(-c3cnn4c3CCC4)sc12. The Bertz CT molecular complexity index is 1520. The van der Waals surface area contributed by atoms with Crippen molar-refractivity contribution in [1.29, 1.82) is 0 Å². The maximum Gasteiger partial charge on any atom is 0.260 e. The minimum absolute atomic E-state index is 0.183. The molecule has 1 aliphatic carbocycles. The van der Waals surface area contributed by atoms with Gasteiger partial charge in [0, 0.05) is 56.4 Å². The fourth-order valence-electron chi connectivity index (χ4n) is 5.62. The first-order valence-corrected chi connectivity index (χ1v) is 13.7. The van der Waals surface area contributed by atoms with E-state index in [1.807, 2.05) is 19.3 Å². The van der Waals surface area contributed by atoms with Crippen LogP contribution in [-0.4, -0.2) is 67.3 Å². The Labute approximate surface area is 217 Å². The number of hydrogen-bond acceptors (Lipinski definition) is 7. The number of carbonyl (C=O) groups excluding carboxylic acids is 2. The highest BCUT2D eigenvalue weighted by atomic mass is 32.1. The highest BCUT2D eigenvalue weighted by molar-refractivity contribution is 7.21. The van der Waals surface area contributed by atoms with E-state index in [0.717, 1.165) is 66.1 Å². The molecule has 4 aromatic rings. The Balaban J connectivity index is 1.05. The molecule has 2 amide bonds. The number of pyridine rings is 1. The zero-order valence-corrected chi connectivity index (χ0v) is 21.4. The van der Waals surface area contributed by atoms with Gasteiger partial charge in [-0.15, -0.1) is 11.3 Å². The van der Waals surface area contributed by atoms with Crippen molar-refractivity contribution in [2.45, 2.75) is 32.7 Å². The normalized spacial score (nSPS) is 20.2. The molecular weight excluding hydrogens is 488 g/mol. The van der Waals surface area contributed by atoms with Gasteiger partial charge in [0.2, 0.25) is 0 Å². The number of thiazole rings is 1. The Hall–Kier alpha value is -3.57. The second-order valence-electron chi connectivity index (χ2n) is 10.3. The van der Waals surface area contributed by atoms with Crippen LogP contribution in [0.2, 0.25) is 0 Å². The van der Waals surface area contributed by atoms with Crippen molar-refractivity contribution < 1.29 is 9.59 Å². The number of carbonyl (C=O) groups is 2. The van der Waals surface area contributed by atoms with Gasteiger partial charge in [0.25, 0.3) is 11.8 Å². The van der Waals surface area contributed by atoms with Crippen LogP contribution in [0, 0.1) is 18.8 Å². The number of aryl methyl sites for hydroxylation is 2. The Kier molecular flexibility index (Phi) is 5.36. The summed E-state index contributed by atoms with van der Waals surface area (Å²) in [7, 11) is 0. The van der Waals surface area contributed by atoms with E-state index in [-0.39, 0.29) is 11.8 Å². The molecule has 4 aromatic heterocycles. The number of piperidine rings is 1. The molecule has 2 atom stereocenters. The molecule has 1 saturated heterocycles. The van der Waals surface area contributed by atoms with Gasteiger partial charge in [-0.3, -0.25) is 19.3 Å². The molecule has 10 nitrogen and oxygen atoms in total. The fraction of sp³-hybridized carbons (Fsp3) is 0.423. The predicted molar refractivity (Wildman–Crippen MR) is 140 cm³/mol. The molecule has 0 bridgehead atoms. The summed E-state index contributed by atoms with van der Waals surface area (Å²) in [5, 5.41) is 14.8. The van der Waals surface area contributed by atoms with E-state index < -0.39 is 0 Å². The maximum atomic E-state index is 13.2. The molecule has 0 spiro atoms. The summed E-state index contributed by atoms with van der Waals surface area (Å²) in [6.45, 7) is 6.54. The van der Waals surface area contributed by atoms with Crippen LogP contribution in [-0.2, 0) is 13.0 Å². The first kappa shape index (κ1) is 22.6. The quantitative estimate of drug-likeness (QED) is 0.391. The van der Waals surface area contributed by atoms with Crippen molar-refractivity contribution in [2.24, 2.45) is 11.8 Å². The molecule has 11 heteroatoms. The molecule has 3 aliphatic rings. The molecule has 37 heavy (non-hydrogen) atoms. The highest BCUT2D eigenvalue weighted by Crippen LogP contribution is 2.44. The molecule has 190 valence electrons. The lowest BCUT2D eigenvalue weighted by Crippen LogP contribution is -2.34. The number of aromatic nitrogens is 5. The molecule has 6 heterocycles. The monoisotopic (exact) mass is 516 g/mol. The van der Waals surface area contributed by atoms with Gasteiger partial charge in [-0.1, -0.05) is 0 Å². The van der Waals surface area contributed by atoms with Crippen LogP contribution in [0.15, 0.2) is 30.9 Å². The fourth-order valence-corrected chi connectivity index (χ4v) is 6.71. The van der Waals surface area contributed by atoms with Crippen molar-refractivity contribution in [3.05, 3.63) is 53.4 Å². The summed E-state index contributed by atoms with van der Waals surface area (Å²) in [5.74, 6) is 1.30. The first-order valence-electron chi connectivity index (χ1n) is 12.8. The minimum Gasteiger partial charge on any atom is -0.351 e. The van der Waals surface area contributed by atoms with E-state index in [9.17, 15) is 9.59 Å². The van der Waals surface area contributed by atoms with Gasteiger partial charge in [-0.25, -0.2) is 4.52 Å². The first-order chi connectivity index (χ1) is 18.0. The Morgan fingerprint density at radius 1 is 1.14 bits per heavy atom. The number of nitrogens with one attached hydrogen (secondary N) is 2. The van der Waals surface area contributed by atoms with Gasteiger partial charge in [0.15, 0.2) is 0 Å². The van der Waals surface area contributed by atoms with E-state index >= 15 is 0 Å². The van der Waals surface area contributed by atoms with Crippen molar-refractivity contribution in [3.63, 3.8) is 0 Å². The number of amides is 2. The molecule has 2 unspecified atom stereocenters. The van der Waals surface area contributed by atoms with Crippen LogP contribution >= 0.6 is 11.3 Å². The number of fused-ring (bicyclic) bond motifs is 3. The maximum absolute atomic E-state index is 13.2. The molecular formula is C26H28N8O2S. The largest absolute Gasteiger partial charge is 0.351 e. The summed E-state index contributed by atoms with van der Waals surface area (Å²) < 4.78 is 3.80. The molecule has 2 fully saturated rings. The van der Waals surface area contributed by atoms with Gasteiger partial charge in [-0.05, 0) is 44.1 Å². The van der Waals surface area contributed by atoms with E-state index in [1.165, 1.54) is 23.5 Å². The molecule has 0 radical (unpaired) electrons. The zero-order valence-electron chi connectivity index (χ0n) is 20.6. The third kappa shape index (κ3) is 4.11. The molecule has 2 N–H and O–H groups in total. The summed E-state index contributed by atoms with van der Waals surface area (Å²) in [6, 6.07) is 1.69. The van der Waals surface area contributed by atoms with Crippen molar-refractivity contribution in [2.75, 3.05) is 31.5 Å². The van der Waals surface area contributed by atoms with Gasteiger partial charge in [0.05, 0.1) is 39.8 Å². The van der Waals surface area contributed by atoms with Crippen LogP contribution in [0.25, 0.3) is 15.3 Å². The number of likely N-dealkylation sites (tertiary alicyclic amines) is 1. The van der Waals surface area contributed by atoms with Crippen LogP contribution in [0.5, 0.6) is 0 Å². The lowest BCUT2D eigenvalue weighted by molar-refractivity contribution is 0.0947.